The Morgan fingerprint density at radius 3 is 2.84 bits per heavy atom. The number of nitrogens with one attached hydrogen (secondary N) is 3. The fourth-order valence-corrected chi connectivity index (χ4v) is 5.52. The maximum absolute atomic E-state index is 14.9. The van der Waals surface area contributed by atoms with E-state index < -0.39 is 5.82 Å². The molecular formula is C26H27FN6O3S. The summed E-state index contributed by atoms with van der Waals surface area (Å²) in [6.45, 7) is 2.08. The number of methoxy groups -OCH3 is 1. The Morgan fingerprint density at radius 2 is 2.08 bits per heavy atom. The van der Waals surface area contributed by atoms with Crippen molar-refractivity contribution in [1.29, 1.82) is 0 Å². The van der Waals surface area contributed by atoms with Gasteiger partial charge in [0.25, 0.3) is 0 Å². The second-order valence-corrected chi connectivity index (χ2v) is 10.4. The molecule has 3 heterocycles. The van der Waals surface area contributed by atoms with Crippen molar-refractivity contribution in [3.05, 3.63) is 54.2 Å². The van der Waals surface area contributed by atoms with Crippen LogP contribution >= 0.6 is 11.3 Å². The van der Waals surface area contributed by atoms with Gasteiger partial charge < -0.3 is 30.0 Å². The van der Waals surface area contributed by atoms with Crippen LogP contribution in [0, 0.1) is 17.7 Å². The Kier molecular flexibility index (Phi) is 6.27. The van der Waals surface area contributed by atoms with Gasteiger partial charge in [0.05, 0.1) is 33.6 Å². The zero-order valence-corrected chi connectivity index (χ0v) is 21.3. The number of hydrogen-bond acceptors (Lipinski definition) is 7. The lowest BCUT2D eigenvalue weighted by Gasteiger charge is -2.11. The SMILES string of the molecule is COCCNCc1cnc(-c2cc3nccc(Oc4ccc(NC(=O)NC5C6C[C@@H]65)cc4F)c3s2)n1C. The highest BCUT2D eigenvalue weighted by atomic mass is 32.1. The summed E-state index contributed by atoms with van der Waals surface area (Å²) in [5.41, 5.74) is 2.16. The fourth-order valence-electron chi connectivity index (χ4n) is 4.42. The van der Waals surface area contributed by atoms with Crippen molar-refractivity contribution in [3.8, 4) is 22.2 Å². The van der Waals surface area contributed by atoms with Gasteiger partial charge >= 0.3 is 6.03 Å². The number of nitrogens with zero attached hydrogens (tertiary/aromatic N) is 3. The molecule has 1 aromatic carbocycles. The van der Waals surface area contributed by atoms with E-state index in [0.717, 1.165) is 33.2 Å². The number of fused-ring (bicyclic) bond motifs is 2. The van der Waals surface area contributed by atoms with Crippen LogP contribution in [0.5, 0.6) is 11.5 Å². The number of thiophene rings is 1. The van der Waals surface area contributed by atoms with Gasteiger partial charge in [0.1, 0.15) is 11.6 Å². The number of benzene rings is 1. The van der Waals surface area contributed by atoms with Gasteiger partial charge in [-0.2, -0.15) is 0 Å². The largest absolute Gasteiger partial charge is 0.453 e. The van der Waals surface area contributed by atoms with Crippen LogP contribution in [-0.4, -0.2) is 46.9 Å². The first-order valence-electron chi connectivity index (χ1n) is 12.2. The third kappa shape index (κ3) is 4.89. The van der Waals surface area contributed by atoms with E-state index in [1.807, 2.05) is 23.9 Å². The number of hydrogen-bond donors (Lipinski definition) is 3. The maximum atomic E-state index is 14.9. The summed E-state index contributed by atoms with van der Waals surface area (Å²) in [6.07, 6.45) is 4.69. The number of urea groups is 1. The number of amides is 2. The number of halogens is 1. The fraction of sp³-hybridized carbons (Fsp3) is 0.346. The second-order valence-electron chi connectivity index (χ2n) is 9.37. The van der Waals surface area contributed by atoms with Crippen LogP contribution in [0.15, 0.2) is 42.7 Å². The Balaban J connectivity index is 1.17. The molecule has 2 unspecified atom stereocenters. The molecule has 2 amide bonds. The molecule has 0 radical (unpaired) electrons. The predicted octanol–water partition coefficient (Wildman–Crippen LogP) is 4.50. The van der Waals surface area contributed by atoms with Crippen LogP contribution in [-0.2, 0) is 18.3 Å². The normalized spacial score (nSPS) is 19.5. The maximum Gasteiger partial charge on any atom is 0.319 e. The molecule has 3 aromatic heterocycles. The highest BCUT2D eigenvalue weighted by Gasteiger charge is 2.64. The van der Waals surface area contributed by atoms with E-state index in [4.69, 9.17) is 9.47 Å². The summed E-state index contributed by atoms with van der Waals surface area (Å²) in [5, 5.41) is 8.93. The zero-order chi connectivity index (χ0) is 25.5. The first-order valence-corrected chi connectivity index (χ1v) is 13.0. The van der Waals surface area contributed by atoms with Crippen molar-refractivity contribution >= 4 is 33.3 Å². The summed E-state index contributed by atoms with van der Waals surface area (Å²) in [6, 6.07) is 8.05. The van der Waals surface area contributed by atoms with E-state index in [1.165, 1.54) is 29.9 Å². The van der Waals surface area contributed by atoms with Gasteiger partial charge in [0.15, 0.2) is 11.6 Å². The summed E-state index contributed by atoms with van der Waals surface area (Å²) >= 11 is 1.49. The van der Waals surface area contributed by atoms with Crippen LogP contribution in [0.2, 0.25) is 0 Å². The van der Waals surface area contributed by atoms with Gasteiger partial charge in [-0.3, -0.25) is 4.98 Å². The van der Waals surface area contributed by atoms with E-state index in [-0.39, 0.29) is 17.8 Å². The zero-order valence-electron chi connectivity index (χ0n) is 20.5. The first kappa shape index (κ1) is 23.8. The molecule has 0 aliphatic heterocycles. The van der Waals surface area contributed by atoms with Crippen molar-refractivity contribution in [2.24, 2.45) is 18.9 Å². The van der Waals surface area contributed by atoms with Gasteiger partial charge in [-0.25, -0.2) is 14.2 Å². The molecule has 11 heteroatoms. The Morgan fingerprint density at radius 1 is 1.22 bits per heavy atom. The van der Waals surface area contributed by atoms with Gasteiger partial charge in [-0.15, -0.1) is 11.3 Å². The van der Waals surface area contributed by atoms with E-state index in [2.05, 4.69) is 25.9 Å². The topological polar surface area (TPSA) is 102 Å². The molecule has 0 saturated heterocycles. The minimum Gasteiger partial charge on any atom is -0.453 e. The number of pyridine rings is 1. The summed E-state index contributed by atoms with van der Waals surface area (Å²) in [4.78, 5) is 22.1. The molecule has 0 spiro atoms. The molecule has 9 nitrogen and oxygen atoms in total. The smallest absolute Gasteiger partial charge is 0.319 e. The van der Waals surface area contributed by atoms with Crippen LogP contribution in [0.4, 0.5) is 14.9 Å². The minimum absolute atomic E-state index is 0.0678. The number of ether oxygens (including phenoxy) is 2. The molecule has 2 saturated carbocycles. The van der Waals surface area contributed by atoms with Crippen molar-refractivity contribution in [1.82, 2.24) is 25.2 Å². The molecule has 6 rings (SSSR count). The molecule has 37 heavy (non-hydrogen) atoms. The van der Waals surface area contributed by atoms with Crippen LogP contribution in [0.25, 0.3) is 20.9 Å². The summed E-state index contributed by atoms with van der Waals surface area (Å²) < 4.78 is 28.7. The Bertz CT molecular complexity index is 1460. The lowest BCUT2D eigenvalue weighted by atomic mass is 10.3. The lowest BCUT2D eigenvalue weighted by Crippen LogP contribution is -2.33. The number of imidazole rings is 1. The molecular weight excluding hydrogens is 495 g/mol. The Labute approximate surface area is 217 Å². The standard InChI is InChI=1S/C26H27FN6O3S/c1-33-15(12-28-7-8-35-2)13-30-25(33)22-11-19-24(37-22)21(5-6-29-19)36-20-4-3-14(9-18(20)27)31-26(34)32-23-16-10-17(16)23/h3-6,9,11,13,16-17,23,28H,7-8,10,12H2,1-2H3,(H2,31,32,34)/t16-,17?,23?/m0/s1. The third-order valence-electron chi connectivity index (χ3n) is 6.85. The second kappa shape index (κ2) is 9.73. The lowest BCUT2D eigenvalue weighted by molar-refractivity contribution is 0.199. The molecule has 2 aliphatic carbocycles. The van der Waals surface area contributed by atoms with Gasteiger partial charge in [0, 0.05) is 57.3 Å². The molecule has 192 valence electrons. The van der Waals surface area contributed by atoms with Gasteiger partial charge in [-0.1, -0.05) is 0 Å². The molecule has 4 aromatic rings. The molecule has 3 atom stereocenters. The van der Waals surface area contributed by atoms with Crippen LogP contribution in [0.3, 0.4) is 0 Å². The molecule has 2 fully saturated rings. The van der Waals surface area contributed by atoms with Gasteiger partial charge in [-0.05, 0) is 36.5 Å². The number of carbonyl (C=O) groups excluding carboxylic acids is 1. The molecule has 0 bridgehead atoms. The number of rotatable bonds is 10. The summed E-state index contributed by atoms with van der Waals surface area (Å²) in [5.74, 6) is 2.12. The van der Waals surface area contributed by atoms with Crippen molar-refractivity contribution < 1.29 is 18.7 Å². The average molecular weight is 523 g/mol. The van der Waals surface area contributed by atoms with Crippen LogP contribution < -0.4 is 20.7 Å². The number of carbonyl (C=O) groups is 1. The average Bonchev–Trinajstić information content (AvgIpc) is 3.71. The Hall–Kier alpha value is -3.54. The van der Waals surface area contributed by atoms with E-state index in [9.17, 15) is 9.18 Å². The van der Waals surface area contributed by atoms with E-state index in [1.54, 1.807) is 25.4 Å². The van der Waals surface area contributed by atoms with Crippen molar-refractivity contribution in [2.45, 2.75) is 19.0 Å². The minimum atomic E-state index is -0.566. The number of anilines is 1. The van der Waals surface area contributed by atoms with Crippen LogP contribution in [0.1, 0.15) is 12.1 Å². The first-order chi connectivity index (χ1) is 18.0. The van der Waals surface area contributed by atoms with Crippen molar-refractivity contribution in [3.63, 3.8) is 0 Å². The monoisotopic (exact) mass is 522 g/mol. The van der Waals surface area contributed by atoms with Crippen molar-refractivity contribution in [2.75, 3.05) is 25.6 Å². The van der Waals surface area contributed by atoms with E-state index in [0.29, 0.717) is 36.4 Å². The molecule has 3 N–H and O–H groups in total. The predicted molar refractivity (Wildman–Crippen MR) is 139 cm³/mol. The number of aromatic nitrogens is 3. The highest BCUT2D eigenvalue weighted by Crippen LogP contribution is 2.62. The highest BCUT2D eigenvalue weighted by molar-refractivity contribution is 7.22. The molecule has 2 aliphatic rings. The van der Waals surface area contributed by atoms with Gasteiger partial charge in [0.2, 0.25) is 0 Å². The summed E-state index contributed by atoms with van der Waals surface area (Å²) in [7, 11) is 3.65. The van der Waals surface area contributed by atoms with E-state index >= 15 is 0 Å². The quantitative estimate of drug-likeness (QED) is 0.265. The third-order valence-corrected chi connectivity index (χ3v) is 7.98.